The zero-order valence-electron chi connectivity index (χ0n) is 15.3. The quantitative estimate of drug-likeness (QED) is 0.755. The first-order valence-electron chi connectivity index (χ1n) is 9.15. The van der Waals surface area contributed by atoms with Gasteiger partial charge in [0.05, 0.1) is 12.8 Å². The maximum absolute atomic E-state index is 12.7. The average Bonchev–Trinajstić information content (AvgIpc) is 3.43. The van der Waals surface area contributed by atoms with Gasteiger partial charge in [0.15, 0.2) is 5.76 Å². The van der Waals surface area contributed by atoms with Crippen LogP contribution in [0.3, 0.4) is 0 Å². The number of nitrogens with zero attached hydrogens (tertiary/aromatic N) is 4. The smallest absolute Gasteiger partial charge is 0.321 e. The fourth-order valence-electron chi connectivity index (χ4n) is 3.21. The molecule has 4 rings (SSSR count). The Morgan fingerprint density at radius 1 is 1.00 bits per heavy atom. The van der Waals surface area contributed by atoms with E-state index in [1.165, 1.54) is 6.26 Å². The molecule has 8 nitrogen and oxygen atoms in total. The molecule has 0 bridgehead atoms. The second kappa shape index (κ2) is 7.99. The van der Waals surface area contributed by atoms with E-state index in [1.54, 1.807) is 28.1 Å². The van der Waals surface area contributed by atoms with Gasteiger partial charge in [0.1, 0.15) is 0 Å². The summed E-state index contributed by atoms with van der Waals surface area (Å²) in [5, 5.41) is 7.20. The van der Waals surface area contributed by atoms with Crippen LogP contribution in [0.2, 0.25) is 0 Å². The Kier molecular flexibility index (Phi) is 5.09. The van der Waals surface area contributed by atoms with Crippen LogP contribution < -0.4 is 5.32 Å². The highest BCUT2D eigenvalue weighted by Gasteiger charge is 2.26. The van der Waals surface area contributed by atoms with Gasteiger partial charge in [0.2, 0.25) is 0 Å². The Morgan fingerprint density at radius 2 is 1.79 bits per heavy atom. The Bertz CT molecular complexity index is 929. The number of hydrogen-bond donors (Lipinski definition) is 1. The summed E-state index contributed by atoms with van der Waals surface area (Å²) >= 11 is 0. The van der Waals surface area contributed by atoms with E-state index in [2.05, 4.69) is 10.4 Å². The Hall–Kier alpha value is -3.55. The molecule has 2 aromatic heterocycles. The lowest BCUT2D eigenvalue weighted by atomic mass is 10.2. The van der Waals surface area contributed by atoms with E-state index in [-0.39, 0.29) is 11.9 Å². The number of carbonyl (C=O) groups is 2. The lowest BCUT2D eigenvalue weighted by Crippen LogP contribution is -2.51. The topological polar surface area (TPSA) is 83.6 Å². The number of amides is 3. The van der Waals surface area contributed by atoms with Gasteiger partial charge in [-0.15, -0.1) is 0 Å². The number of rotatable bonds is 4. The second-order valence-corrected chi connectivity index (χ2v) is 6.55. The third-order valence-electron chi connectivity index (χ3n) is 4.74. The van der Waals surface area contributed by atoms with Gasteiger partial charge in [-0.3, -0.25) is 9.48 Å². The molecule has 1 fully saturated rings. The molecule has 0 atom stereocenters. The van der Waals surface area contributed by atoms with Gasteiger partial charge in [0, 0.05) is 44.3 Å². The Balaban J connectivity index is 1.36. The van der Waals surface area contributed by atoms with Crippen LogP contribution in [0.1, 0.15) is 16.1 Å². The summed E-state index contributed by atoms with van der Waals surface area (Å²) in [6.45, 7) is 2.47. The van der Waals surface area contributed by atoms with Crippen molar-refractivity contribution in [2.75, 3.05) is 31.5 Å². The number of piperazine rings is 1. The van der Waals surface area contributed by atoms with Crippen molar-refractivity contribution in [1.82, 2.24) is 19.6 Å². The molecule has 0 radical (unpaired) electrons. The monoisotopic (exact) mass is 379 g/mol. The zero-order chi connectivity index (χ0) is 19.3. The molecule has 0 aliphatic carbocycles. The maximum atomic E-state index is 12.7. The number of benzene rings is 1. The van der Waals surface area contributed by atoms with E-state index < -0.39 is 0 Å². The largest absolute Gasteiger partial charge is 0.459 e. The standard InChI is InChI=1S/C20H21N5O3/c26-19(18-7-3-14-28-18)23-10-12-24(13-11-23)20(27)22-17-6-2-1-5-16(17)15-25-9-4-8-21-25/h1-9,14H,10-13,15H2,(H,22,27). The fraction of sp³-hybridized carbons (Fsp3) is 0.250. The SMILES string of the molecule is O=C(Nc1ccccc1Cn1cccn1)N1CCN(C(=O)c2ccco2)CC1. The molecule has 144 valence electrons. The van der Waals surface area contributed by atoms with Gasteiger partial charge in [0.25, 0.3) is 5.91 Å². The number of para-hydroxylation sites is 1. The summed E-state index contributed by atoms with van der Waals surface area (Å²) in [7, 11) is 0. The van der Waals surface area contributed by atoms with Crippen LogP contribution in [-0.4, -0.2) is 57.7 Å². The van der Waals surface area contributed by atoms with E-state index in [0.717, 1.165) is 11.3 Å². The molecule has 1 aromatic carbocycles. The molecule has 1 N–H and O–H groups in total. The van der Waals surface area contributed by atoms with Gasteiger partial charge >= 0.3 is 6.03 Å². The van der Waals surface area contributed by atoms with Gasteiger partial charge in [-0.25, -0.2) is 4.79 Å². The van der Waals surface area contributed by atoms with Crippen LogP contribution in [0.15, 0.2) is 65.5 Å². The Morgan fingerprint density at radius 3 is 2.50 bits per heavy atom. The van der Waals surface area contributed by atoms with E-state index in [9.17, 15) is 9.59 Å². The lowest BCUT2D eigenvalue weighted by molar-refractivity contribution is 0.0640. The number of furan rings is 1. The molecule has 1 saturated heterocycles. The highest BCUT2D eigenvalue weighted by atomic mass is 16.3. The number of aromatic nitrogens is 2. The van der Waals surface area contributed by atoms with Crippen LogP contribution in [0.25, 0.3) is 0 Å². The highest BCUT2D eigenvalue weighted by molar-refractivity contribution is 5.92. The first-order chi connectivity index (χ1) is 13.7. The average molecular weight is 379 g/mol. The van der Waals surface area contributed by atoms with Crippen molar-refractivity contribution < 1.29 is 14.0 Å². The van der Waals surface area contributed by atoms with Gasteiger partial charge in [-0.1, -0.05) is 18.2 Å². The van der Waals surface area contributed by atoms with Crippen LogP contribution in [0.5, 0.6) is 0 Å². The summed E-state index contributed by atoms with van der Waals surface area (Å²) in [5.74, 6) is 0.181. The van der Waals surface area contributed by atoms with Crippen LogP contribution in [0, 0.1) is 0 Å². The zero-order valence-corrected chi connectivity index (χ0v) is 15.3. The van der Waals surface area contributed by atoms with Gasteiger partial charge in [-0.2, -0.15) is 5.10 Å². The first kappa shape index (κ1) is 17.8. The normalized spacial score (nSPS) is 14.1. The molecule has 1 aliphatic rings. The van der Waals surface area contributed by atoms with E-state index in [1.807, 2.05) is 41.2 Å². The number of carbonyl (C=O) groups excluding carboxylic acids is 2. The minimum absolute atomic E-state index is 0.144. The summed E-state index contributed by atoms with van der Waals surface area (Å²) in [6.07, 6.45) is 5.09. The maximum Gasteiger partial charge on any atom is 0.321 e. The van der Waals surface area contributed by atoms with E-state index >= 15 is 0 Å². The third-order valence-corrected chi connectivity index (χ3v) is 4.74. The molecule has 3 amide bonds. The summed E-state index contributed by atoms with van der Waals surface area (Å²) < 4.78 is 6.98. The van der Waals surface area contributed by atoms with Gasteiger partial charge in [-0.05, 0) is 29.8 Å². The van der Waals surface area contributed by atoms with E-state index in [4.69, 9.17) is 4.42 Å². The molecule has 28 heavy (non-hydrogen) atoms. The molecule has 8 heteroatoms. The summed E-state index contributed by atoms with van der Waals surface area (Å²) in [6, 6.07) is 12.7. The fourth-order valence-corrected chi connectivity index (χ4v) is 3.21. The predicted octanol–water partition coefficient (Wildman–Crippen LogP) is 2.51. The molecule has 3 aromatic rings. The second-order valence-electron chi connectivity index (χ2n) is 6.55. The number of anilines is 1. The van der Waals surface area contributed by atoms with Crippen LogP contribution in [0.4, 0.5) is 10.5 Å². The van der Waals surface area contributed by atoms with Crippen molar-refractivity contribution in [2.24, 2.45) is 0 Å². The molecular weight excluding hydrogens is 358 g/mol. The van der Waals surface area contributed by atoms with Gasteiger partial charge < -0.3 is 19.5 Å². The molecule has 0 spiro atoms. The lowest BCUT2D eigenvalue weighted by Gasteiger charge is -2.34. The molecule has 3 heterocycles. The van der Waals surface area contributed by atoms with Crippen LogP contribution >= 0.6 is 0 Å². The molecule has 0 saturated carbocycles. The van der Waals surface area contributed by atoms with Crippen molar-refractivity contribution in [3.8, 4) is 0 Å². The highest BCUT2D eigenvalue weighted by Crippen LogP contribution is 2.17. The van der Waals surface area contributed by atoms with Crippen molar-refractivity contribution in [2.45, 2.75) is 6.54 Å². The van der Waals surface area contributed by atoms with Crippen molar-refractivity contribution in [1.29, 1.82) is 0 Å². The van der Waals surface area contributed by atoms with Crippen LogP contribution in [-0.2, 0) is 6.54 Å². The number of hydrogen-bond acceptors (Lipinski definition) is 4. The van der Waals surface area contributed by atoms with Crippen molar-refractivity contribution in [3.63, 3.8) is 0 Å². The van der Waals surface area contributed by atoms with Crippen molar-refractivity contribution in [3.05, 3.63) is 72.4 Å². The van der Waals surface area contributed by atoms with E-state index in [0.29, 0.717) is 38.5 Å². The molecule has 0 unspecified atom stereocenters. The predicted molar refractivity (Wildman–Crippen MR) is 103 cm³/mol. The minimum Gasteiger partial charge on any atom is -0.459 e. The van der Waals surface area contributed by atoms with Crippen molar-refractivity contribution >= 4 is 17.6 Å². The summed E-state index contributed by atoms with van der Waals surface area (Å²) in [5.41, 5.74) is 1.74. The number of urea groups is 1. The third kappa shape index (κ3) is 3.90. The molecule has 1 aliphatic heterocycles. The summed E-state index contributed by atoms with van der Waals surface area (Å²) in [4.78, 5) is 28.4. The first-order valence-corrected chi connectivity index (χ1v) is 9.15. The number of nitrogens with one attached hydrogen (secondary N) is 1. The molecular formula is C20H21N5O3. The Labute approximate surface area is 162 Å². The minimum atomic E-state index is -0.169.